The van der Waals surface area contributed by atoms with E-state index < -0.39 is 17.5 Å². The van der Waals surface area contributed by atoms with Crippen LogP contribution in [0.1, 0.15) is 28.8 Å². The Morgan fingerprint density at radius 3 is 2.68 bits per heavy atom. The van der Waals surface area contributed by atoms with Crippen molar-refractivity contribution < 1.29 is 18.0 Å². The second kappa shape index (κ2) is 7.17. The fraction of sp³-hybridized carbons (Fsp3) is 0.316. The van der Waals surface area contributed by atoms with Crippen LogP contribution in [0.25, 0.3) is 0 Å². The van der Waals surface area contributed by atoms with Gasteiger partial charge in [-0.2, -0.15) is 0 Å². The lowest BCUT2D eigenvalue weighted by molar-refractivity contribution is 0.0929. The first-order chi connectivity index (χ1) is 11.9. The average Bonchev–Trinajstić information content (AvgIpc) is 2.57. The molecule has 1 atom stereocenters. The minimum absolute atomic E-state index is 0.194. The first-order valence-corrected chi connectivity index (χ1v) is 8.21. The topological polar surface area (TPSA) is 32.3 Å². The number of hydrogen-bond acceptors (Lipinski definition) is 2. The molecule has 0 saturated carbocycles. The van der Waals surface area contributed by atoms with E-state index in [4.69, 9.17) is 0 Å². The molecular formula is C19H19F3N2O. The van der Waals surface area contributed by atoms with Crippen molar-refractivity contribution in [3.8, 4) is 0 Å². The van der Waals surface area contributed by atoms with Crippen LogP contribution in [0.2, 0.25) is 0 Å². The van der Waals surface area contributed by atoms with Crippen molar-refractivity contribution in [1.82, 2.24) is 5.32 Å². The van der Waals surface area contributed by atoms with Gasteiger partial charge in [-0.15, -0.1) is 0 Å². The van der Waals surface area contributed by atoms with E-state index in [0.29, 0.717) is 24.8 Å². The number of amides is 1. The molecule has 2 aromatic carbocycles. The molecule has 0 bridgehead atoms. The van der Waals surface area contributed by atoms with Crippen LogP contribution in [0.4, 0.5) is 18.9 Å². The summed E-state index contributed by atoms with van der Waals surface area (Å²) < 4.78 is 40.8. The van der Waals surface area contributed by atoms with Crippen LogP contribution in [-0.4, -0.2) is 25.0 Å². The van der Waals surface area contributed by atoms with E-state index in [-0.39, 0.29) is 17.4 Å². The molecule has 0 radical (unpaired) electrons. The van der Waals surface area contributed by atoms with Crippen LogP contribution in [0, 0.1) is 24.4 Å². The smallest absolute Gasteiger partial charge is 0.254 e. The highest BCUT2D eigenvalue weighted by molar-refractivity contribution is 5.94. The zero-order chi connectivity index (χ0) is 18.0. The molecule has 0 spiro atoms. The third kappa shape index (κ3) is 3.95. The minimum atomic E-state index is -0.894. The second-order valence-corrected chi connectivity index (χ2v) is 6.34. The van der Waals surface area contributed by atoms with Crippen LogP contribution < -0.4 is 10.2 Å². The molecule has 1 aliphatic heterocycles. The van der Waals surface area contributed by atoms with Crippen LogP contribution >= 0.6 is 0 Å². The van der Waals surface area contributed by atoms with Crippen molar-refractivity contribution in [1.29, 1.82) is 0 Å². The van der Waals surface area contributed by atoms with Gasteiger partial charge in [-0.1, -0.05) is 6.07 Å². The quantitative estimate of drug-likeness (QED) is 0.915. The predicted octanol–water partition coefficient (Wildman–Crippen LogP) is 3.81. The summed E-state index contributed by atoms with van der Waals surface area (Å²) in [5, 5.41) is 2.76. The van der Waals surface area contributed by atoms with E-state index in [1.807, 2.05) is 11.8 Å². The minimum Gasteiger partial charge on any atom is -0.367 e. The maximum absolute atomic E-state index is 14.1. The zero-order valence-corrected chi connectivity index (χ0v) is 13.9. The number of carbonyl (C=O) groups is 1. The van der Waals surface area contributed by atoms with E-state index in [2.05, 4.69) is 5.32 Å². The summed E-state index contributed by atoms with van der Waals surface area (Å²) in [7, 11) is 0. The molecule has 2 aromatic rings. The summed E-state index contributed by atoms with van der Waals surface area (Å²) in [4.78, 5) is 14.1. The van der Waals surface area contributed by atoms with Crippen LogP contribution in [-0.2, 0) is 0 Å². The van der Waals surface area contributed by atoms with Gasteiger partial charge in [0, 0.05) is 25.2 Å². The Balaban J connectivity index is 1.71. The number of nitrogens with zero attached hydrogens (tertiary/aromatic N) is 1. The number of benzene rings is 2. The van der Waals surface area contributed by atoms with Gasteiger partial charge in [0.15, 0.2) is 0 Å². The maximum Gasteiger partial charge on any atom is 0.254 e. The molecule has 0 aromatic heterocycles. The second-order valence-electron chi connectivity index (χ2n) is 6.34. The highest BCUT2D eigenvalue weighted by Crippen LogP contribution is 2.24. The molecule has 1 amide bonds. The van der Waals surface area contributed by atoms with E-state index in [9.17, 15) is 18.0 Å². The van der Waals surface area contributed by atoms with E-state index in [1.165, 1.54) is 6.07 Å². The molecule has 1 fully saturated rings. The van der Waals surface area contributed by atoms with Gasteiger partial charge in [0.05, 0.1) is 11.3 Å². The number of aryl methyl sites for hydroxylation is 1. The van der Waals surface area contributed by atoms with Crippen molar-refractivity contribution in [2.24, 2.45) is 0 Å². The third-order valence-corrected chi connectivity index (χ3v) is 4.37. The van der Waals surface area contributed by atoms with Gasteiger partial charge in [-0.3, -0.25) is 4.79 Å². The number of rotatable bonds is 3. The Bertz CT molecular complexity index is 794. The summed E-state index contributed by atoms with van der Waals surface area (Å²) >= 11 is 0. The van der Waals surface area contributed by atoms with E-state index in [1.54, 1.807) is 12.1 Å². The van der Waals surface area contributed by atoms with Gasteiger partial charge in [0.1, 0.15) is 17.5 Å². The largest absolute Gasteiger partial charge is 0.367 e. The van der Waals surface area contributed by atoms with Gasteiger partial charge in [0.25, 0.3) is 5.91 Å². The highest BCUT2D eigenvalue weighted by Gasteiger charge is 2.24. The van der Waals surface area contributed by atoms with Crippen molar-refractivity contribution in [3.05, 3.63) is 65.0 Å². The molecule has 3 rings (SSSR count). The van der Waals surface area contributed by atoms with Crippen LogP contribution in [0.3, 0.4) is 0 Å². The normalized spacial score (nSPS) is 17.4. The summed E-state index contributed by atoms with van der Waals surface area (Å²) in [5.74, 6) is -2.51. The molecule has 1 saturated heterocycles. The Morgan fingerprint density at radius 2 is 1.92 bits per heavy atom. The monoisotopic (exact) mass is 348 g/mol. The van der Waals surface area contributed by atoms with Gasteiger partial charge in [-0.25, -0.2) is 13.2 Å². The Hall–Kier alpha value is -2.50. The SMILES string of the molecule is Cc1ccc(F)c(N2CCCC(NC(=O)c3ccc(F)cc3F)C2)c1. The molecule has 1 aliphatic rings. The molecule has 1 unspecified atom stereocenters. The van der Waals surface area contributed by atoms with E-state index >= 15 is 0 Å². The van der Waals surface area contributed by atoms with Crippen LogP contribution in [0.15, 0.2) is 36.4 Å². The fourth-order valence-electron chi connectivity index (χ4n) is 3.12. The Morgan fingerprint density at radius 1 is 1.12 bits per heavy atom. The number of carbonyl (C=O) groups excluding carboxylic acids is 1. The number of anilines is 1. The van der Waals surface area contributed by atoms with Crippen LogP contribution in [0.5, 0.6) is 0 Å². The van der Waals surface area contributed by atoms with Gasteiger partial charge in [0.2, 0.25) is 0 Å². The molecular weight excluding hydrogens is 329 g/mol. The van der Waals surface area contributed by atoms with Gasteiger partial charge < -0.3 is 10.2 Å². The number of hydrogen-bond donors (Lipinski definition) is 1. The summed E-state index contributed by atoms with van der Waals surface area (Å²) in [6.07, 6.45) is 1.50. The molecule has 132 valence electrons. The molecule has 1 heterocycles. The van der Waals surface area contributed by atoms with Crippen molar-refractivity contribution in [3.63, 3.8) is 0 Å². The summed E-state index contributed by atoms with van der Waals surface area (Å²) in [5.41, 5.74) is 1.27. The number of piperidine rings is 1. The lowest BCUT2D eigenvalue weighted by Crippen LogP contribution is -2.48. The molecule has 3 nitrogen and oxygen atoms in total. The highest BCUT2D eigenvalue weighted by atomic mass is 19.1. The Kier molecular flexibility index (Phi) is 4.97. The fourth-order valence-corrected chi connectivity index (χ4v) is 3.12. The third-order valence-electron chi connectivity index (χ3n) is 4.37. The molecule has 0 aliphatic carbocycles. The first kappa shape index (κ1) is 17.3. The summed E-state index contributed by atoms with van der Waals surface area (Å²) in [6, 6.07) is 7.54. The zero-order valence-electron chi connectivity index (χ0n) is 13.9. The summed E-state index contributed by atoms with van der Waals surface area (Å²) in [6.45, 7) is 3.02. The van der Waals surface area contributed by atoms with Gasteiger partial charge in [-0.05, 0) is 49.6 Å². The van der Waals surface area contributed by atoms with Crippen molar-refractivity contribution in [2.75, 3.05) is 18.0 Å². The predicted molar refractivity (Wildman–Crippen MR) is 90.2 cm³/mol. The Labute approximate surface area is 144 Å². The number of halogens is 3. The first-order valence-electron chi connectivity index (χ1n) is 8.21. The average molecular weight is 348 g/mol. The number of nitrogens with one attached hydrogen (secondary N) is 1. The van der Waals surface area contributed by atoms with Crippen molar-refractivity contribution >= 4 is 11.6 Å². The molecule has 6 heteroatoms. The van der Waals surface area contributed by atoms with Gasteiger partial charge >= 0.3 is 0 Å². The van der Waals surface area contributed by atoms with Crippen molar-refractivity contribution in [2.45, 2.75) is 25.8 Å². The van der Waals surface area contributed by atoms with E-state index in [0.717, 1.165) is 30.5 Å². The lowest BCUT2D eigenvalue weighted by Gasteiger charge is -2.35. The standard InChI is InChI=1S/C19H19F3N2O/c1-12-4-7-16(21)18(9-12)24-8-2-3-14(11-24)23-19(25)15-6-5-13(20)10-17(15)22/h4-7,9-10,14H,2-3,8,11H2,1H3,(H,23,25). The molecule has 25 heavy (non-hydrogen) atoms. The maximum atomic E-state index is 14.1. The molecule has 1 N–H and O–H groups in total. The lowest BCUT2D eigenvalue weighted by atomic mass is 10.0.